The molecule has 4 aromatic rings. The van der Waals surface area contributed by atoms with Gasteiger partial charge in [0.05, 0.1) is 16.0 Å². The first-order valence-corrected chi connectivity index (χ1v) is 12.3. The van der Waals surface area contributed by atoms with E-state index < -0.39 is 15.8 Å². The number of carbonyl (C=O) groups is 1. The summed E-state index contributed by atoms with van der Waals surface area (Å²) in [6, 6.07) is 19.4. The summed E-state index contributed by atoms with van der Waals surface area (Å²) in [6.07, 6.45) is 1.54. The summed E-state index contributed by atoms with van der Waals surface area (Å²) in [5.41, 5.74) is 2.94. The van der Waals surface area contributed by atoms with Gasteiger partial charge in [-0.3, -0.25) is 4.79 Å². The molecule has 33 heavy (non-hydrogen) atoms. The number of rotatable bonds is 8. The van der Waals surface area contributed by atoms with Crippen LogP contribution in [0.15, 0.2) is 83.9 Å². The van der Waals surface area contributed by atoms with Crippen LogP contribution in [-0.2, 0) is 16.6 Å². The number of nitrogens with one attached hydrogen (secondary N) is 2. The molecule has 0 saturated heterocycles. The molecule has 0 radical (unpaired) electrons. The quantitative estimate of drug-likeness (QED) is 0.344. The molecular weight excluding hydrogens is 461 g/mol. The maximum atomic E-state index is 13.4. The predicted molar refractivity (Wildman–Crippen MR) is 127 cm³/mol. The highest BCUT2D eigenvalue weighted by molar-refractivity contribution is 7.89. The second-order valence-corrected chi connectivity index (χ2v) is 10.1. The molecular formula is C24H20FN3O3S2. The number of ketones is 1. The van der Waals surface area contributed by atoms with Gasteiger partial charge in [-0.1, -0.05) is 53.8 Å². The van der Waals surface area contributed by atoms with E-state index in [0.717, 1.165) is 11.6 Å². The molecule has 0 spiro atoms. The van der Waals surface area contributed by atoms with Gasteiger partial charge >= 0.3 is 0 Å². The fourth-order valence-corrected chi connectivity index (χ4v) is 5.02. The lowest BCUT2D eigenvalue weighted by Crippen LogP contribution is -2.23. The fraction of sp³-hybridized carbons (Fsp3) is 0.0833. The molecule has 4 rings (SSSR count). The monoisotopic (exact) mass is 481 g/mol. The van der Waals surface area contributed by atoms with E-state index in [1.165, 1.54) is 29.5 Å². The molecule has 0 atom stereocenters. The summed E-state index contributed by atoms with van der Waals surface area (Å²) in [5.74, 6) is -0.702. The summed E-state index contributed by atoms with van der Waals surface area (Å²) < 4.78 is 40.6. The van der Waals surface area contributed by atoms with Crippen LogP contribution in [0.3, 0.4) is 0 Å². The van der Waals surface area contributed by atoms with Crippen molar-refractivity contribution in [3.63, 3.8) is 0 Å². The van der Waals surface area contributed by atoms with Crippen molar-refractivity contribution in [2.45, 2.75) is 18.4 Å². The van der Waals surface area contributed by atoms with Crippen molar-refractivity contribution in [2.75, 3.05) is 5.32 Å². The number of aryl methyl sites for hydroxylation is 1. The van der Waals surface area contributed by atoms with E-state index in [1.807, 2.05) is 31.2 Å². The van der Waals surface area contributed by atoms with E-state index in [2.05, 4.69) is 15.0 Å². The Balaban J connectivity index is 1.44. The van der Waals surface area contributed by atoms with Gasteiger partial charge in [0.2, 0.25) is 15.8 Å². The zero-order valence-corrected chi connectivity index (χ0v) is 19.2. The summed E-state index contributed by atoms with van der Waals surface area (Å²) >= 11 is 1.24. The fourth-order valence-electron chi connectivity index (χ4n) is 3.18. The number of aromatic nitrogens is 1. The topological polar surface area (TPSA) is 88.2 Å². The van der Waals surface area contributed by atoms with Crippen LogP contribution < -0.4 is 10.0 Å². The maximum absolute atomic E-state index is 13.4. The summed E-state index contributed by atoms with van der Waals surface area (Å²) in [7, 11) is -3.85. The van der Waals surface area contributed by atoms with Crippen LogP contribution in [-0.4, -0.2) is 19.2 Å². The van der Waals surface area contributed by atoms with Gasteiger partial charge in [-0.2, -0.15) is 0 Å². The van der Waals surface area contributed by atoms with Crippen LogP contribution in [0.2, 0.25) is 0 Å². The Morgan fingerprint density at radius 1 is 1.03 bits per heavy atom. The molecule has 1 heterocycles. The highest BCUT2D eigenvalue weighted by Gasteiger charge is 2.16. The largest absolute Gasteiger partial charge is 0.332 e. The van der Waals surface area contributed by atoms with Crippen molar-refractivity contribution in [3.05, 3.63) is 106 Å². The Morgan fingerprint density at radius 3 is 2.61 bits per heavy atom. The van der Waals surface area contributed by atoms with Crippen molar-refractivity contribution >= 4 is 38.0 Å². The molecule has 2 N–H and O–H groups in total. The molecule has 9 heteroatoms. The SMILES string of the molecule is Cc1ccccc1C(=O)c1cnc(Nc2cccc(CNS(=O)(=O)c3cccc(F)c3)c2)s1. The number of hydrogen-bond donors (Lipinski definition) is 2. The number of sulfonamides is 1. The Morgan fingerprint density at radius 2 is 1.82 bits per heavy atom. The molecule has 0 bridgehead atoms. The van der Waals surface area contributed by atoms with Crippen LogP contribution in [0, 0.1) is 12.7 Å². The number of carbonyl (C=O) groups excluding carboxylic acids is 1. The van der Waals surface area contributed by atoms with Gasteiger partial charge in [0.25, 0.3) is 0 Å². The second-order valence-electron chi connectivity index (χ2n) is 7.28. The Bertz CT molecular complexity index is 1420. The molecule has 0 fully saturated rings. The Hall–Kier alpha value is -3.40. The zero-order chi connectivity index (χ0) is 23.4. The standard InChI is InChI=1S/C24H20FN3O3S2/c1-16-6-2-3-11-21(16)23(29)22-15-26-24(32-22)28-19-9-4-7-17(12-19)14-27-33(30,31)20-10-5-8-18(25)13-20/h2-13,15,27H,14H2,1H3,(H,26,28). The van der Waals surface area contributed by atoms with Gasteiger partial charge in [0.15, 0.2) is 5.13 Å². The van der Waals surface area contributed by atoms with Crippen molar-refractivity contribution in [2.24, 2.45) is 0 Å². The molecule has 0 aliphatic heterocycles. The van der Waals surface area contributed by atoms with E-state index in [0.29, 0.717) is 26.8 Å². The first kappa shape index (κ1) is 22.8. The second kappa shape index (κ2) is 9.62. The minimum atomic E-state index is -3.85. The molecule has 0 saturated carbocycles. The molecule has 6 nitrogen and oxygen atoms in total. The van der Waals surface area contributed by atoms with Crippen molar-refractivity contribution < 1.29 is 17.6 Å². The zero-order valence-electron chi connectivity index (χ0n) is 17.6. The van der Waals surface area contributed by atoms with E-state index in [-0.39, 0.29) is 17.2 Å². The minimum absolute atomic E-state index is 0.0310. The molecule has 0 unspecified atom stereocenters. The van der Waals surface area contributed by atoms with E-state index in [1.54, 1.807) is 30.5 Å². The van der Waals surface area contributed by atoms with Gasteiger partial charge in [0, 0.05) is 17.8 Å². The highest BCUT2D eigenvalue weighted by atomic mass is 32.2. The van der Waals surface area contributed by atoms with Crippen LogP contribution in [0.4, 0.5) is 15.2 Å². The average Bonchev–Trinajstić information content (AvgIpc) is 3.26. The lowest BCUT2D eigenvalue weighted by molar-refractivity contribution is 0.104. The number of anilines is 2. The first-order chi connectivity index (χ1) is 15.8. The van der Waals surface area contributed by atoms with Crippen LogP contribution in [0.1, 0.15) is 26.4 Å². The first-order valence-electron chi connectivity index (χ1n) is 9.99. The van der Waals surface area contributed by atoms with Gasteiger partial charge in [0.1, 0.15) is 5.82 Å². The van der Waals surface area contributed by atoms with Gasteiger partial charge in [-0.05, 0) is 48.4 Å². The lowest BCUT2D eigenvalue weighted by atomic mass is 10.0. The number of halogens is 1. The van der Waals surface area contributed by atoms with Crippen molar-refractivity contribution in [1.82, 2.24) is 9.71 Å². The summed E-state index contributed by atoms with van der Waals surface area (Å²) in [4.78, 5) is 17.4. The number of nitrogens with zero attached hydrogens (tertiary/aromatic N) is 1. The molecule has 3 aromatic carbocycles. The third-order valence-electron chi connectivity index (χ3n) is 4.87. The van der Waals surface area contributed by atoms with Gasteiger partial charge < -0.3 is 5.32 Å². The van der Waals surface area contributed by atoms with Crippen LogP contribution >= 0.6 is 11.3 Å². The van der Waals surface area contributed by atoms with Crippen LogP contribution in [0.25, 0.3) is 0 Å². The minimum Gasteiger partial charge on any atom is -0.332 e. The Labute approximate surface area is 195 Å². The van der Waals surface area contributed by atoms with Gasteiger partial charge in [-0.15, -0.1) is 0 Å². The molecule has 168 valence electrons. The molecule has 1 aromatic heterocycles. The van der Waals surface area contributed by atoms with E-state index >= 15 is 0 Å². The third-order valence-corrected chi connectivity index (χ3v) is 7.18. The molecule has 0 amide bonds. The van der Waals surface area contributed by atoms with Crippen molar-refractivity contribution in [3.8, 4) is 0 Å². The maximum Gasteiger partial charge on any atom is 0.240 e. The predicted octanol–water partition coefficient (Wildman–Crippen LogP) is 5.04. The average molecular weight is 482 g/mol. The van der Waals surface area contributed by atoms with Crippen molar-refractivity contribution in [1.29, 1.82) is 0 Å². The lowest BCUT2D eigenvalue weighted by Gasteiger charge is -2.09. The van der Waals surface area contributed by atoms with E-state index in [9.17, 15) is 17.6 Å². The molecule has 0 aliphatic rings. The van der Waals surface area contributed by atoms with Crippen LogP contribution in [0.5, 0.6) is 0 Å². The number of hydrogen-bond acceptors (Lipinski definition) is 6. The normalized spacial score (nSPS) is 11.3. The summed E-state index contributed by atoms with van der Waals surface area (Å²) in [6.45, 7) is 1.92. The number of benzene rings is 3. The summed E-state index contributed by atoms with van der Waals surface area (Å²) in [5, 5.41) is 3.70. The van der Waals surface area contributed by atoms with E-state index in [4.69, 9.17) is 0 Å². The van der Waals surface area contributed by atoms with Gasteiger partial charge in [-0.25, -0.2) is 22.5 Å². The smallest absolute Gasteiger partial charge is 0.240 e. The molecule has 0 aliphatic carbocycles. The third kappa shape index (κ3) is 5.51. The number of thiazole rings is 1. The highest BCUT2D eigenvalue weighted by Crippen LogP contribution is 2.26. The Kier molecular flexibility index (Phi) is 6.64.